The Morgan fingerprint density at radius 1 is 1.13 bits per heavy atom. The summed E-state index contributed by atoms with van der Waals surface area (Å²) in [6, 6.07) is 10.1. The standard InChI is InChI=1S/C21H20N2O5S2/c1-13-4-6-17(10-14(13)2)27-8-9-28-18-7-5-16(23(25)26)11-15(18)12-19-20(24)22(3)21(29)30-19/h4-7,10-12H,8-9H2,1-3H3/b19-12+. The number of likely N-dealkylation sites (N-methyl/N-ethyl adjacent to an activating group) is 1. The number of non-ortho nitro benzene ring substituents is 1. The van der Waals surface area contributed by atoms with E-state index in [-0.39, 0.29) is 18.2 Å². The van der Waals surface area contributed by atoms with Crippen molar-refractivity contribution in [3.63, 3.8) is 0 Å². The summed E-state index contributed by atoms with van der Waals surface area (Å²) in [4.78, 5) is 24.7. The van der Waals surface area contributed by atoms with Crippen molar-refractivity contribution in [3.05, 3.63) is 68.1 Å². The van der Waals surface area contributed by atoms with Crippen molar-refractivity contribution in [2.75, 3.05) is 20.3 Å². The summed E-state index contributed by atoms with van der Waals surface area (Å²) in [7, 11) is 1.59. The quantitative estimate of drug-likeness (QED) is 0.204. The number of aryl methyl sites for hydroxylation is 2. The molecule has 2 aromatic rings. The molecule has 1 fully saturated rings. The molecule has 7 nitrogen and oxygen atoms in total. The molecule has 1 aliphatic heterocycles. The molecule has 1 aliphatic rings. The van der Waals surface area contributed by atoms with E-state index in [4.69, 9.17) is 21.7 Å². The number of carbonyl (C=O) groups excluding carboxylic acids is 1. The van der Waals surface area contributed by atoms with E-state index >= 15 is 0 Å². The summed E-state index contributed by atoms with van der Waals surface area (Å²) in [5, 5.41) is 11.2. The van der Waals surface area contributed by atoms with E-state index in [1.54, 1.807) is 13.1 Å². The van der Waals surface area contributed by atoms with Crippen LogP contribution in [0.15, 0.2) is 41.3 Å². The van der Waals surface area contributed by atoms with Crippen LogP contribution in [0.1, 0.15) is 16.7 Å². The maximum absolute atomic E-state index is 12.3. The van der Waals surface area contributed by atoms with Gasteiger partial charge in [-0.2, -0.15) is 0 Å². The van der Waals surface area contributed by atoms with Crippen molar-refractivity contribution in [2.24, 2.45) is 0 Å². The number of benzene rings is 2. The minimum absolute atomic E-state index is 0.0908. The summed E-state index contributed by atoms with van der Waals surface area (Å²) in [5.74, 6) is 0.920. The topological polar surface area (TPSA) is 81.9 Å². The molecule has 0 saturated carbocycles. The maximum Gasteiger partial charge on any atom is 0.270 e. The molecule has 0 spiro atoms. The molecule has 0 unspecified atom stereocenters. The fraction of sp³-hybridized carbons (Fsp3) is 0.238. The number of thioether (sulfide) groups is 1. The molecule has 0 radical (unpaired) electrons. The summed E-state index contributed by atoms with van der Waals surface area (Å²) in [6.07, 6.45) is 1.56. The van der Waals surface area contributed by atoms with Crippen molar-refractivity contribution in [2.45, 2.75) is 13.8 Å². The molecular formula is C21H20N2O5S2. The minimum atomic E-state index is -0.491. The molecule has 156 valence electrons. The lowest BCUT2D eigenvalue weighted by atomic mass is 10.1. The molecule has 0 aliphatic carbocycles. The Morgan fingerprint density at radius 2 is 1.87 bits per heavy atom. The zero-order chi connectivity index (χ0) is 21.8. The molecule has 1 heterocycles. The minimum Gasteiger partial charge on any atom is -0.490 e. The first-order valence-electron chi connectivity index (χ1n) is 9.09. The van der Waals surface area contributed by atoms with Gasteiger partial charge in [-0.3, -0.25) is 19.8 Å². The number of hydrogen-bond acceptors (Lipinski definition) is 7. The van der Waals surface area contributed by atoms with Crippen LogP contribution in [0.25, 0.3) is 6.08 Å². The molecule has 1 amide bonds. The van der Waals surface area contributed by atoms with Gasteiger partial charge in [0.2, 0.25) is 0 Å². The average Bonchev–Trinajstić information content (AvgIpc) is 2.95. The largest absolute Gasteiger partial charge is 0.490 e. The molecule has 0 aromatic heterocycles. The summed E-state index contributed by atoms with van der Waals surface area (Å²) in [6.45, 7) is 4.59. The van der Waals surface area contributed by atoms with E-state index in [1.807, 2.05) is 32.0 Å². The number of nitrogens with zero attached hydrogens (tertiary/aromatic N) is 2. The predicted octanol–water partition coefficient (Wildman–Crippen LogP) is 4.50. The van der Waals surface area contributed by atoms with E-state index in [9.17, 15) is 14.9 Å². The van der Waals surface area contributed by atoms with Crippen LogP contribution in [0.5, 0.6) is 11.5 Å². The zero-order valence-electron chi connectivity index (χ0n) is 16.7. The van der Waals surface area contributed by atoms with Crippen LogP contribution >= 0.6 is 24.0 Å². The van der Waals surface area contributed by atoms with Gasteiger partial charge < -0.3 is 9.47 Å². The number of nitro groups is 1. The number of hydrogen-bond donors (Lipinski definition) is 0. The Kier molecular flexibility index (Phi) is 6.73. The van der Waals surface area contributed by atoms with Crippen LogP contribution in [-0.2, 0) is 4.79 Å². The first-order chi connectivity index (χ1) is 14.3. The number of rotatable bonds is 7. The van der Waals surface area contributed by atoms with Crippen molar-refractivity contribution < 1.29 is 19.2 Å². The van der Waals surface area contributed by atoms with Gasteiger partial charge in [0.25, 0.3) is 11.6 Å². The molecule has 30 heavy (non-hydrogen) atoms. The fourth-order valence-corrected chi connectivity index (χ4v) is 3.87. The molecule has 2 aromatic carbocycles. The third kappa shape index (κ3) is 4.98. The Balaban J connectivity index is 1.74. The Bertz CT molecular complexity index is 1050. The number of amides is 1. The fourth-order valence-electron chi connectivity index (χ4n) is 2.70. The smallest absolute Gasteiger partial charge is 0.270 e. The number of thiocarbonyl (C=S) groups is 1. The third-order valence-corrected chi connectivity index (χ3v) is 6.05. The molecule has 3 rings (SSSR count). The van der Waals surface area contributed by atoms with Gasteiger partial charge in [-0.05, 0) is 49.2 Å². The third-order valence-electron chi connectivity index (χ3n) is 4.57. The van der Waals surface area contributed by atoms with Crippen molar-refractivity contribution >= 4 is 46.0 Å². The molecular weight excluding hydrogens is 424 g/mol. The molecule has 0 N–H and O–H groups in total. The highest BCUT2D eigenvalue weighted by Gasteiger charge is 2.29. The van der Waals surface area contributed by atoms with E-state index < -0.39 is 4.92 Å². The highest BCUT2D eigenvalue weighted by molar-refractivity contribution is 8.26. The predicted molar refractivity (Wildman–Crippen MR) is 121 cm³/mol. The van der Waals surface area contributed by atoms with Crippen LogP contribution in [0.4, 0.5) is 5.69 Å². The number of ether oxygens (including phenoxy) is 2. The Morgan fingerprint density at radius 3 is 2.50 bits per heavy atom. The monoisotopic (exact) mass is 444 g/mol. The second-order valence-corrected chi connectivity index (χ2v) is 8.34. The van der Waals surface area contributed by atoms with Gasteiger partial charge >= 0.3 is 0 Å². The van der Waals surface area contributed by atoms with Crippen LogP contribution in [0, 0.1) is 24.0 Å². The lowest BCUT2D eigenvalue weighted by Crippen LogP contribution is -2.22. The Hall–Kier alpha value is -2.91. The summed E-state index contributed by atoms with van der Waals surface area (Å²) >= 11 is 6.28. The summed E-state index contributed by atoms with van der Waals surface area (Å²) in [5.41, 5.74) is 2.67. The first kappa shape index (κ1) is 21.8. The van der Waals surface area contributed by atoms with Gasteiger partial charge in [-0.1, -0.05) is 30.0 Å². The molecule has 9 heteroatoms. The van der Waals surface area contributed by atoms with E-state index in [0.29, 0.717) is 27.1 Å². The highest BCUT2D eigenvalue weighted by atomic mass is 32.2. The second-order valence-electron chi connectivity index (χ2n) is 6.66. The van der Waals surface area contributed by atoms with Crippen molar-refractivity contribution in [1.82, 2.24) is 4.90 Å². The first-order valence-corrected chi connectivity index (χ1v) is 10.3. The molecule has 0 atom stereocenters. The van der Waals surface area contributed by atoms with Gasteiger partial charge in [-0.15, -0.1) is 0 Å². The van der Waals surface area contributed by atoms with Gasteiger partial charge in [0.15, 0.2) is 0 Å². The Labute approximate surface area is 183 Å². The van der Waals surface area contributed by atoms with E-state index in [2.05, 4.69) is 0 Å². The maximum atomic E-state index is 12.3. The van der Waals surface area contributed by atoms with Crippen LogP contribution < -0.4 is 9.47 Å². The van der Waals surface area contributed by atoms with E-state index in [0.717, 1.165) is 23.1 Å². The van der Waals surface area contributed by atoms with Gasteiger partial charge in [-0.25, -0.2) is 0 Å². The van der Waals surface area contributed by atoms with Gasteiger partial charge in [0.1, 0.15) is 29.0 Å². The van der Waals surface area contributed by atoms with E-state index in [1.165, 1.54) is 28.7 Å². The van der Waals surface area contributed by atoms with Crippen LogP contribution in [0.2, 0.25) is 0 Å². The summed E-state index contributed by atoms with van der Waals surface area (Å²) < 4.78 is 11.9. The molecule has 0 bridgehead atoms. The van der Waals surface area contributed by atoms with Gasteiger partial charge in [0.05, 0.1) is 9.83 Å². The van der Waals surface area contributed by atoms with Crippen LogP contribution in [0.3, 0.4) is 0 Å². The second kappa shape index (κ2) is 9.27. The van der Waals surface area contributed by atoms with Gasteiger partial charge in [0, 0.05) is 24.7 Å². The number of carbonyl (C=O) groups is 1. The van der Waals surface area contributed by atoms with Crippen LogP contribution in [-0.4, -0.2) is 40.3 Å². The van der Waals surface area contributed by atoms with Crippen molar-refractivity contribution in [1.29, 1.82) is 0 Å². The lowest BCUT2D eigenvalue weighted by Gasteiger charge is -2.12. The average molecular weight is 445 g/mol. The lowest BCUT2D eigenvalue weighted by molar-refractivity contribution is -0.384. The highest BCUT2D eigenvalue weighted by Crippen LogP contribution is 2.34. The normalized spacial score (nSPS) is 15.0. The SMILES string of the molecule is Cc1ccc(OCCOc2ccc([N+](=O)[O-])cc2/C=C2/SC(=S)N(C)C2=O)cc1C. The van der Waals surface area contributed by atoms with Crippen molar-refractivity contribution in [3.8, 4) is 11.5 Å². The zero-order valence-corrected chi connectivity index (χ0v) is 18.3. The molecule has 1 saturated heterocycles. The number of nitro benzene ring substituents is 1.